The molecule has 2 aromatic carbocycles. The van der Waals surface area contributed by atoms with Gasteiger partial charge in [0.25, 0.3) is 0 Å². The molecule has 0 bridgehead atoms. The van der Waals surface area contributed by atoms with Crippen molar-refractivity contribution in [2.45, 2.75) is 19.5 Å². The molecule has 0 saturated heterocycles. The van der Waals surface area contributed by atoms with E-state index in [1.54, 1.807) is 24.3 Å². The van der Waals surface area contributed by atoms with Gasteiger partial charge in [-0.1, -0.05) is 24.3 Å². The molecule has 0 heterocycles. The van der Waals surface area contributed by atoms with Crippen molar-refractivity contribution in [1.82, 2.24) is 10.6 Å². The van der Waals surface area contributed by atoms with E-state index >= 15 is 0 Å². The van der Waals surface area contributed by atoms with Gasteiger partial charge >= 0.3 is 6.03 Å². The second-order valence-corrected chi connectivity index (χ2v) is 4.73. The molecule has 0 aliphatic carbocycles. The smallest absolute Gasteiger partial charge is 0.315 e. The Kier molecular flexibility index (Phi) is 4.87. The van der Waals surface area contributed by atoms with Gasteiger partial charge in [0, 0.05) is 6.54 Å². The lowest BCUT2D eigenvalue weighted by Crippen LogP contribution is -2.36. The van der Waals surface area contributed by atoms with Gasteiger partial charge in [-0.05, 0) is 42.3 Å². The fourth-order valence-corrected chi connectivity index (χ4v) is 1.87. The Labute approximate surface area is 122 Å². The topological polar surface area (TPSA) is 41.1 Å². The molecule has 2 amide bonds. The molecule has 2 aromatic rings. The normalized spacial score (nSPS) is 11.8. The van der Waals surface area contributed by atoms with Crippen LogP contribution in [0.5, 0.6) is 0 Å². The summed E-state index contributed by atoms with van der Waals surface area (Å²) in [5.74, 6) is -0.625. The van der Waals surface area contributed by atoms with Crippen molar-refractivity contribution in [3.8, 4) is 0 Å². The number of halogens is 2. The van der Waals surface area contributed by atoms with Gasteiger partial charge in [-0.25, -0.2) is 13.6 Å². The third kappa shape index (κ3) is 4.56. The molecule has 0 radical (unpaired) electrons. The average Bonchev–Trinajstić information content (AvgIpc) is 2.47. The number of urea groups is 1. The summed E-state index contributed by atoms with van der Waals surface area (Å²) >= 11 is 0. The summed E-state index contributed by atoms with van der Waals surface area (Å²) in [5.41, 5.74) is 1.62. The van der Waals surface area contributed by atoms with Crippen LogP contribution in [-0.2, 0) is 6.54 Å². The molecule has 2 N–H and O–H groups in total. The van der Waals surface area contributed by atoms with Gasteiger partial charge in [-0.15, -0.1) is 0 Å². The number of hydrogen-bond donors (Lipinski definition) is 2. The van der Waals surface area contributed by atoms with Crippen molar-refractivity contribution in [3.63, 3.8) is 0 Å². The minimum absolute atomic E-state index is 0.237. The standard InChI is InChI=1S/C16H16F2N2O/c1-11(13-4-8-15(18)9-5-13)20-16(21)19-10-12-2-6-14(17)7-3-12/h2-9,11H,10H2,1H3,(H2,19,20,21). The molecule has 0 aromatic heterocycles. The van der Waals surface area contributed by atoms with Crippen LogP contribution in [0.3, 0.4) is 0 Å². The second-order valence-electron chi connectivity index (χ2n) is 4.73. The van der Waals surface area contributed by atoms with E-state index in [9.17, 15) is 13.6 Å². The number of rotatable bonds is 4. The van der Waals surface area contributed by atoms with E-state index < -0.39 is 0 Å². The van der Waals surface area contributed by atoms with E-state index in [2.05, 4.69) is 10.6 Å². The van der Waals surface area contributed by atoms with Crippen LogP contribution in [0.1, 0.15) is 24.1 Å². The molecule has 0 saturated carbocycles. The number of carbonyl (C=O) groups is 1. The third-order valence-corrected chi connectivity index (χ3v) is 3.08. The quantitative estimate of drug-likeness (QED) is 0.888. The van der Waals surface area contributed by atoms with Gasteiger partial charge in [0.2, 0.25) is 0 Å². The van der Waals surface area contributed by atoms with E-state index in [0.29, 0.717) is 6.54 Å². The maximum absolute atomic E-state index is 12.8. The zero-order valence-corrected chi connectivity index (χ0v) is 11.6. The first-order valence-corrected chi connectivity index (χ1v) is 6.59. The number of hydrogen-bond acceptors (Lipinski definition) is 1. The van der Waals surface area contributed by atoms with Crippen LogP contribution in [-0.4, -0.2) is 6.03 Å². The van der Waals surface area contributed by atoms with Gasteiger partial charge in [0.05, 0.1) is 6.04 Å². The zero-order chi connectivity index (χ0) is 15.2. The van der Waals surface area contributed by atoms with E-state index in [0.717, 1.165) is 11.1 Å². The van der Waals surface area contributed by atoms with Crippen LogP contribution in [0.4, 0.5) is 13.6 Å². The Hall–Kier alpha value is -2.43. The molecule has 0 spiro atoms. The van der Waals surface area contributed by atoms with Gasteiger partial charge in [0.1, 0.15) is 11.6 Å². The largest absolute Gasteiger partial charge is 0.334 e. The van der Waals surface area contributed by atoms with Gasteiger partial charge in [0.15, 0.2) is 0 Å². The van der Waals surface area contributed by atoms with Crippen LogP contribution in [0.2, 0.25) is 0 Å². The Balaban J connectivity index is 1.83. The first-order valence-electron chi connectivity index (χ1n) is 6.59. The van der Waals surface area contributed by atoms with Crippen molar-refractivity contribution in [2.24, 2.45) is 0 Å². The van der Waals surface area contributed by atoms with Crippen LogP contribution in [0, 0.1) is 11.6 Å². The summed E-state index contributed by atoms with van der Waals surface area (Å²) in [6, 6.07) is 11.3. The van der Waals surface area contributed by atoms with E-state index in [-0.39, 0.29) is 23.7 Å². The monoisotopic (exact) mass is 290 g/mol. The first-order chi connectivity index (χ1) is 10.0. The minimum atomic E-state index is -0.337. The fraction of sp³-hybridized carbons (Fsp3) is 0.188. The lowest BCUT2D eigenvalue weighted by molar-refractivity contribution is 0.237. The van der Waals surface area contributed by atoms with Crippen LogP contribution >= 0.6 is 0 Å². The molecule has 110 valence electrons. The zero-order valence-electron chi connectivity index (χ0n) is 11.6. The molecule has 1 atom stereocenters. The fourth-order valence-electron chi connectivity index (χ4n) is 1.87. The number of benzene rings is 2. The van der Waals surface area contributed by atoms with Gasteiger partial charge in [-0.3, -0.25) is 0 Å². The van der Waals surface area contributed by atoms with Crippen molar-refractivity contribution in [2.75, 3.05) is 0 Å². The van der Waals surface area contributed by atoms with Crippen molar-refractivity contribution in [3.05, 3.63) is 71.3 Å². The highest BCUT2D eigenvalue weighted by Gasteiger charge is 2.09. The first kappa shape index (κ1) is 15.0. The van der Waals surface area contributed by atoms with Gasteiger partial charge < -0.3 is 10.6 Å². The SMILES string of the molecule is CC(NC(=O)NCc1ccc(F)cc1)c1ccc(F)cc1. The number of nitrogens with one attached hydrogen (secondary N) is 2. The predicted molar refractivity (Wildman–Crippen MR) is 76.6 cm³/mol. The van der Waals surface area contributed by atoms with Crippen LogP contribution < -0.4 is 10.6 Å². The van der Waals surface area contributed by atoms with E-state index in [1.807, 2.05) is 6.92 Å². The lowest BCUT2D eigenvalue weighted by Gasteiger charge is -2.15. The summed E-state index contributed by atoms with van der Waals surface area (Å²) in [6.45, 7) is 2.12. The average molecular weight is 290 g/mol. The molecule has 3 nitrogen and oxygen atoms in total. The molecule has 21 heavy (non-hydrogen) atoms. The highest BCUT2D eigenvalue weighted by molar-refractivity contribution is 5.74. The van der Waals surface area contributed by atoms with Crippen molar-refractivity contribution < 1.29 is 13.6 Å². The molecule has 0 aliphatic rings. The highest BCUT2D eigenvalue weighted by Crippen LogP contribution is 2.12. The van der Waals surface area contributed by atoms with Crippen LogP contribution in [0.15, 0.2) is 48.5 Å². The minimum Gasteiger partial charge on any atom is -0.334 e. The Morgan fingerprint density at radius 2 is 1.52 bits per heavy atom. The summed E-state index contributed by atoms with van der Waals surface area (Å²) in [5, 5.41) is 5.43. The van der Waals surface area contributed by atoms with Crippen LogP contribution in [0.25, 0.3) is 0 Å². The summed E-state index contributed by atoms with van der Waals surface area (Å²) in [7, 11) is 0. The van der Waals surface area contributed by atoms with Crippen molar-refractivity contribution >= 4 is 6.03 Å². The van der Waals surface area contributed by atoms with E-state index in [1.165, 1.54) is 24.3 Å². The second kappa shape index (κ2) is 6.83. The number of carbonyl (C=O) groups excluding carboxylic acids is 1. The molecular formula is C16H16F2N2O. The van der Waals surface area contributed by atoms with Crippen molar-refractivity contribution in [1.29, 1.82) is 0 Å². The summed E-state index contributed by atoms with van der Waals surface area (Å²) in [6.07, 6.45) is 0. The molecule has 0 fully saturated rings. The number of amides is 2. The Bertz CT molecular complexity index is 597. The van der Waals surface area contributed by atoms with E-state index in [4.69, 9.17) is 0 Å². The predicted octanol–water partition coefficient (Wildman–Crippen LogP) is 3.53. The maximum Gasteiger partial charge on any atom is 0.315 e. The molecule has 5 heteroatoms. The molecule has 1 unspecified atom stereocenters. The Morgan fingerprint density at radius 3 is 2.10 bits per heavy atom. The molecule has 2 rings (SSSR count). The molecular weight excluding hydrogens is 274 g/mol. The maximum atomic E-state index is 12.8. The summed E-state index contributed by atoms with van der Waals surface area (Å²) < 4.78 is 25.6. The Morgan fingerprint density at radius 1 is 1.00 bits per heavy atom. The lowest BCUT2D eigenvalue weighted by atomic mass is 10.1. The van der Waals surface area contributed by atoms with Gasteiger partial charge in [-0.2, -0.15) is 0 Å². The highest BCUT2D eigenvalue weighted by atomic mass is 19.1. The third-order valence-electron chi connectivity index (χ3n) is 3.08. The molecule has 0 aliphatic heterocycles. The summed E-state index contributed by atoms with van der Waals surface area (Å²) in [4.78, 5) is 11.8.